The summed E-state index contributed by atoms with van der Waals surface area (Å²) >= 11 is 0. The van der Waals surface area contributed by atoms with E-state index in [9.17, 15) is 10.1 Å². The lowest BCUT2D eigenvalue weighted by Gasteiger charge is -2.36. The second-order valence-electron chi connectivity index (χ2n) is 6.55. The molecule has 1 aromatic heterocycles. The Morgan fingerprint density at radius 1 is 1.19 bits per heavy atom. The molecule has 6 nitrogen and oxygen atoms in total. The zero-order valence-electron chi connectivity index (χ0n) is 15.2. The standard InChI is InChI=1S/C20H23N5O/c1-16-5-7-18(8-6-16)23(2)15-19(26)24-10-12-25(13-11-24)20-17(14-21)4-3-9-22-20/h3-9H,10-13,15H2,1-2H3. The molecule has 2 heterocycles. The van der Waals surface area contributed by atoms with E-state index < -0.39 is 0 Å². The molecule has 3 rings (SSSR count). The van der Waals surface area contributed by atoms with Crippen molar-refractivity contribution in [2.24, 2.45) is 0 Å². The maximum Gasteiger partial charge on any atom is 0.242 e. The number of amides is 1. The van der Waals surface area contributed by atoms with Crippen molar-refractivity contribution in [1.82, 2.24) is 9.88 Å². The lowest BCUT2D eigenvalue weighted by atomic mass is 10.2. The van der Waals surface area contributed by atoms with E-state index in [1.807, 2.05) is 35.9 Å². The van der Waals surface area contributed by atoms with Crippen LogP contribution in [0.3, 0.4) is 0 Å². The summed E-state index contributed by atoms with van der Waals surface area (Å²) in [6.07, 6.45) is 1.70. The maximum atomic E-state index is 12.6. The molecule has 134 valence electrons. The topological polar surface area (TPSA) is 63.5 Å². The molecule has 0 bridgehead atoms. The molecule has 26 heavy (non-hydrogen) atoms. The first-order chi connectivity index (χ1) is 12.6. The van der Waals surface area contributed by atoms with Crippen LogP contribution in [0.25, 0.3) is 0 Å². The molecule has 0 radical (unpaired) electrons. The van der Waals surface area contributed by atoms with Gasteiger partial charge in [-0.15, -0.1) is 0 Å². The van der Waals surface area contributed by atoms with Gasteiger partial charge in [-0.2, -0.15) is 5.26 Å². The van der Waals surface area contributed by atoms with E-state index in [-0.39, 0.29) is 5.91 Å². The van der Waals surface area contributed by atoms with Crippen LogP contribution < -0.4 is 9.80 Å². The van der Waals surface area contributed by atoms with Crippen LogP contribution in [0.2, 0.25) is 0 Å². The third-order valence-corrected chi connectivity index (χ3v) is 4.69. The predicted octanol–water partition coefficient (Wildman–Crippen LogP) is 2.05. The Balaban J connectivity index is 1.57. The molecular weight excluding hydrogens is 326 g/mol. The van der Waals surface area contributed by atoms with Crippen molar-refractivity contribution in [3.63, 3.8) is 0 Å². The number of hydrogen-bond donors (Lipinski definition) is 0. The zero-order chi connectivity index (χ0) is 18.5. The molecule has 2 aromatic rings. The van der Waals surface area contributed by atoms with Gasteiger partial charge in [-0.3, -0.25) is 4.79 Å². The number of carbonyl (C=O) groups excluding carboxylic acids is 1. The van der Waals surface area contributed by atoms with Crippen LogP contribution in [0.1, 0.15) is 11.1 Å². The molecule has 0 saturated carbocycles. The Bertz CT molecular complexity index is 804. The van der Waals surface area contributed by atoms with Crippen LogP contribution in [0.5, 0.6) is 0 Å². The molecule has 0 spiro atoms. The van der Waals surface area contributed by atoms with E-state index in [2.05, 4.69) is 28.1 Å². The second-order valence-corrected chi connectivity index (χ2v) is 6.55. The highest BCUT2D eigenvalue weighted by atomic mass is 16.2. The molecule has 1 fully saturated rings. The van der Waals surface area contributed by atoms with Gasteiger partial charge >= 0.3 is 0 Å². The van der Waals surface area contributed by atoms with E-state index in [0.717, 1.165) is 5.69 Å². The van der Waals surface area contributed by atoms with E-state index >= 15 is 0 Å². The molecule has 0 atom stereocenters. The Morgan fingerprint density at radius 2 is 1.88 bits per heavy atom. The average Bonchev–Trinajstić information content (AvgIpc) is 2.68. The fraction of sp³-hybridized carbons (Fsp3) is 0.350. The van der Waals surface area contributed by atoms with Crippen molar-refractivity contribution in [3.05, 3.63) is 53.7 Å². The number of pyridine rings is 1. The van der Waals surface area contributed by atoms with Gasteiger partial charge < -0.3 is 14.7 Å². The number of carbonyl (C=O) groups is 1. The number of anilines is 2. The van der Waals surface area contributed by atoms with Gasteiger partial charge in [0, 0.05) is 45.1 Å². The fourth-order valence-corrected chi connectivity index (χ4v) is 3.10. The van der Waals surface area contributed by atoms with E-state index in [0.29, 0.717) is 44.1 Å². The van der Waals surface area contributed by atoms with Gasteiger partial charge in [0.2, 0.25) is 5.91 Å². The van der Waals surface area contributed by atoms with Crippen molar-refractivity contribution >= 4 is 17.4 Å². The van der Waals surface area contributed by atoms with Crippen LogP contribution >= 0.6 is 0 Å². The van der Waals surface area contributed by atoms with Crippen molar-refractivity contribution < 1.29 is 4.79 Å². The van der Waals surface area contributed by atoms with E-state index in [1.165, 1.54) is 5.56 Å². The molecule has 0 unspecified atom stereocenters. The predicted molar refractivity (Wildman–Crippen MR) is 102 cm³/mol. The minimum atomic E-state index is 0.120. The van der Waals surface area contributed by atoms with Crippen LogP contribution in [0.15, 0.2) is 42.6 Å². The van der Waals surface area contributed by atoms with Crippen LogP contribution in [-0.2, 0) is 4.79 Å². The zero-order valence-corrected chi connectivity index (χ0v) is 15.2. The Kier molecular flexibility index (Phi) is 5.37. The number of piperazine rings is 1. The minimum absolute atomic E-state index is 0.120. The SMILES string of the molecule is Cc1ccc(N(C)CC(=O)N2CCN(c3ncccc3C#N)CC2)cc1. The van der Waals surface area contributed by atoms with Crippen LogP contribution in [-0.4, -0.2) is 55.6 Å². The number of likely N-dealkylation sites (N-methyl/N-ethyl adjacent to an activating group) is 1. The minimum Gasteiger partial charge on any atom is -0.365 e. The Hall–Kier alpha value is -3.07. The maximum absolute atomic E-state index is 12.6. The Labute approximate surface area is 154 Å². The molecule has 0 N–H and O–H groups in total. The number of aryl methyl sites for hydroxylation is 1. The summed E-state index contributed by atoms with van der Waals surface area (Å²) in [7, 11) is 1.94. The molecule has 1 aliphatic heterocycles. The number of rotatable bonds is 4. The second kappa shape index (κ2) is 7.87. The van der Waals surface area contributed by atoms with Gasteiger partial charge in [0.25, 0.3) is 0 Å². The Morgan fingerprint density at radius 3 is 2.54 bits per heavy atom. The molecule has 1 aliphatic rings. The fourth-order valence-electron chi connectivity index (χ4n) is 3.10. The summed E-state index contributed by atoms with van der Waals surface area (Å²) < 4.78 is 0. The highest BCUT2D eigenvalue weighted by Crippen LogP contribution is 2.18. The van der Waals surface area contributed by atoms with Gasteiger partial charge in [-0.1, -0.05) is 17.7 Å². The summed E-state index contributed by atoms with van der Waals surface area (Å²) in [5.74, 6) is 0.827. The lowest BCUT2D eigenvalue weighted by molar-refractivity contribution is -0.129. The third kappa shape index (κ3) is 3.94. The molecule has 1 amide bonds. The summed E-state index contributed by atoms with van der Waals surface area (Å²) in [5, 5.41) is 9.23. The molecule has 0 aliphatic carbocycles. The van der Waals surface area contributed by atoms with E-state index in [4.69, 9.17) is 0 Å². The van der Waals surface area contributed by atoms with Crippen molar-refractivity contribution in [3.8, 4) is 6.07 Å². The smallest absolute Gasteiger partial charge is 0.242 e. The van der Waals surface area contributed by atoms with Crippen molar-refractivity contribution in [2.75, 3.05) is 49.6 Å². The van der Waals surface area contributed by atoms with Crippen LogP contribution in [0.4, 0.5) is 11.5 Å². The third-order valence-electron chi connectivity index (χ3n) is 4.69. The normalized spacial score (nSPS) is 14.0. The highest BCUT2D eigenvalue weighted by Gasteiger charge is 2.24. The van der Waals surface area contributed by atoms with Gasteiger partial charge in [-0.25, -0.2) is 4.98 Å². The number of aromatic nitrogens is 1. The van der Waals surface area contributed by atoms with Gasteiger partial charge in [0.05, 0.1) is 12.1 Å². The first-order valence-corrected chi connectivity index (χ1v) is 8.74. The summed E-state index contributed by atoms with van der Waals surface area (Å²) in [4.78, 5) is 22.9. The highest BCUT2D eigenvalue weighted by molar-refractivity contribution is 5.81. The molecule has 6 heteroatoms. The monoisotopic (exact) mass is 349 g/mol. The van der Waals surface area contributed by atoms with Crippen LogP contribution in [0, 0.1) is 18.3 Å². The van der Waals surface area contributed by atoms with Gasteiger partial charge in [-0.05, 0) is 31.2 Å². The van der Waals surface area contributed by atoms with Gasteiger partial charge in [0.15, 0.2) is 0 Å². The number of nitrogens with zero attached hydrogens (tertiary/aromatic N) is 5. The first kappa shape index (κ1) is 17.7. The summed E-state index contributed by atoms with van der Waals surface area (Å²) in [6.45, 7) is 5.06. The lowest BCUT2D eigenvalue weighted by Crippen LogP contribution is -2.51. The van der Waals surface area contributed by atoms with Crippen molar-refractivity contribution in [2.45, 2.75) is 6.92 Å². The number of hydrogen-bond acceptors (Lipinski definition) is 5. The number of benzene rings is 1. The average molecular weight is 349 g/mol. The quantitative estimate of drug-likeness (QED) is 0.845. The summed E-state index contributed by atoms with van der Waals surface area (Å²) in [5.41, 5.74) is 2.82. The first-order valence-electron chi connectivity index (χ1n) is 8.74. The molecular formula is C20H23N5O. The largest absolute Gasteiger partial charge is 0.365 e. The van der Waals surface area contributed by atoms with Gasteiger partial charge in [0.1, 0.15) is 11.9 Å². The van der Waals surface area contributed by atoms with E-state index in [1.54, 1.807) is 18.3 Å². The summed E-state index contributed by atoms with van der Waals surface area (Å²) in [6, 6.07) is 13.9. The number of nitriles is 1. The van der Waals surface area contributed by atoms with Crippen molar-refractivity contribution in [1.29, 1.82) is 5.26 Å². The molecule has 1 saturated heterocycles. The molecule has 1 aromatic carbocycles.